The Bertz CT molecular complexity index is 1100. The molecule has 0 aliphatic heterocycles. The third kappa shape index (κ3) is 4.82. The monoisotopic (exact) mass is 445 g/mol. The second kappa shape index (κ2) is 9.98. The molecule has 170 valence electrons. The van der Waals surface area contributed by atoms with Crippen LogP contribution in [0.4, 0.5) is 4.79 Å². The Morgan fingerprint density at radius 3 is 2.06 bits per heavy atom. The summed E-state index contributed by atoms with van der Waals surface area (Å²) < 4.78 is 5.45. The molecule has 6 nitrogen and oxygen atoms in total. The van der Waals surface area contributed by atoms with Crippen molar-refractivity contribution in [3.05, 3.63) is 95.1 Å². The highest BCUT2D eigenvalue weighted by Gasteiger charge is 2.29. The maximum Gasteiger partial charge on any atom is 0.407 e. The maximum atomic E-state index is 12.3. The SMILES string of the molecule is CCC(=O)c1ccc(C(O)C(O)CNC(=O)OCC2c3ccccc3-c3ccccc32)cc1. The smallest absolute Gasteiger partial charge is 0.407 e. The van der Waals surface area contributed by atoms with E-state index in [-0.39, 0.29) is 24.9 Å². The van der Waals surface area contributed by atoms with E-state index in [9.17, 15) is 19.8 Å². The number of amides is 1. The molecule has 2 unspecified atom stereocenters. The number of benzene rings is 3. The molecule has 0 saturated heterocycles. The molecule has 3 aromatic rings. The van der Waals surface area contributed by atoms with Gasteiger partial charge in [0.25, 0.3) is 0 Å². The summed E-state index contributed by atoms with van der Waals surface area (Å²) in [7, 11) is 0. The van der Waals surface area contributed by atoms with Crippen molar-refractivity contribution in [3.63, 3.8) is 0 Å². The van der Waals surface area contributed by atoms with Gasteiger partial charge in [0, 0.05) is 24.4 Å². The van der Waals surface area contributed by atoms with Crippen molar-refractivity contribution in [2.45, 2.75) is 31.5 Å². The molecule has 33 heavy (non-hydrogen) atoms. The molecule has 0 saturated carbocycles. The lowest BCUT2D eigenvalue weighted by Crippen LogP contribution is -2.36. The van der Waals surface area contributed by atoms with Crippen LogP contribution in [-0.4, -0.2) is 41.3 Å². The molecule has 0 aromatic heterocycles. The molecule has 1 aliphatic carbocycles. The number of aliphatic hydroxyl groups excluding tert-OH is 2. The normalized spacial score (nSPS) is 14.2. The number of aliphatic hydroxyl groups is 2. The molecule has 6 heteroatoms. The van der Waals surface area contributed by atoms with Crippen molar-refractivity contribution in [3.8, 4) is 11.1 Å². The number of rotatable bonds is 8. The van der Waals surface area contributed by atoms with Crippen molar-refractivity contribution in [1.82, 2.24) is 5.32 Å². The van der Waals surface area contributed by atoms with E-state index >= 15 is 0 Å². The fourth-order valence-electron chi connectivity index (χ4n) is 4.24. The van der Waals surface area contributed by atoms with Crippen LogP contribution in [0, 0.1) is 0 Å². The first kappa shape index (κ1) is 22.7. The first-order chi connectivity index (χ1) is 16.0. The number of ether oxygens (including phenoxy) is 1. The van der Waals surface area contributed by atoms with E-state index in [4.69, 9.17) is 4.74 Å². The Morgan fingerprint density at radius 1 is 0.909 bits per heavy atom. The molecule has 3 aromatic carbocycles. The van der Waals surface area contributed by atoms with E-state index in [1.54, 1.807) is 31.2 Å². The zero-order valence-corrected chi connectivity index (χ0v) is 18.4. The Morgan fingerprint density at radius 2 is 1.48 bits per heavy atom. The van der Waals surface area contributed by atoms with Crippen molar-refractivity contribution in [2.24, 2.45) is 0 Å². The van der Waals surface area contributed by atoms with Gasteiger partial charge in [0.05, 0.1) is 0 Å². The summed E-state index contributed by atoms with van der Waals surface area (Å²) in [6.07, 6.45) is -2.69. The van der Waals surface area contributed by atoms with Crippen LogP contribution < -0.4 is 5.32 Å². The minimum Gasteiger partial charge on any atom is -0.449 e. The Labute approximate surface area is 192 Å². The van der Waals surface area contributed by atoms with Crippen LogP contribution in [0.2, 0.25) is 0 Å². The first-order valence-electron chi connectivity index (χ1n) is 11.1. The average Bonchev–Trinajstić information content (AvgIpc) is 3.18. The third-order valence-corrected chi connectivity index (χ3v) is 6.06. The largest absolute Gasteiger partial charge is 0.449 e. The van der Waals surface area contributed by atoms with E-state index in [0.717, 1.165) is 22.3 Å². The molecule has 2 atom stereocenters. The molecule has 0 bridgehead atoms. The number of carbonyl (C=O) groups is 2. The fraction of sp³-hybridized carbons (Fsp3) is 0.259. The molecule has 0 radical (unpaired) electrons. The van der Waals surface area contributed by atoms with Gasteiger partial charge in [-0.3, -0.25) is 4.79 Å². The number of hydrogen-bond donors (Lipinski definition) is 3. The molecule has 1 aliphatic rings. The van der Waals surface area contributed by atoms with Crippen molar-refractivity contribution in [2.75, 3.05) is 13.2 Å². The van der Waals surface area contributed by atoms with Gasteiger partial charge in [-0.05, 0) is 27.8 Å². The van der Waals surface area contributed by atoms with Crippen LogP contribution in [-0.2, 0) is 4.74 Å². The summed E-state index contributed by atoms with van der Waals surface area (Å²) in [5, 5.41) is 23.2. The predicted molar refractivity (Wildman–Crippen MR) is 125 cm³/mol. The van der Waals surface area contributed by atoms with Gasteiger partial charge in [0.2, 0.25) is 0 Å². The number of ketones is 1. The molecule has 0 heterocycles. The van der Waals surface area contributed by atoms with Gasteiger partial charge >= 0.3 is 6.09 Å². The van der Waals surface area contributed by atoms with Gasteiger partial charge in [-0.1, -0.05) is 79.7 Å². The summed E-state index contributed by atoms with van der Waals surface area (Å²) in [6, 6.07) is 22.6. The lowest BCUT2D eigenvalue weighted by molar-refractivity contribution is 0.0185. The minimum atomic E-state index is -1.22. The summed E-state index contributed by atoms with van der Waals surface area (Å²) in [5.41, 5.74) is 5.54. The lowest BCUT2D eigenvalue weighted by Gasteiger charge is -2.19. The molecule has 0 spiro atoms. The number of carbonyl (C=O) groups excluding carboxylic acids is 2. The number of nitrogens with one attached hydrogen (secondary N) is 1. The fourth-order valence-corrected chi connectivity index (χ4v) is 4.24. The molecular formula is C27H27NO5. The Hall–Kier alpha value is -3.48. The highest BCUT2D eigenvalue weighted by molar-refractivity contribution is 5.95. The van der Waals surface area contributed by atoms with Crippen molar-refractivity contribution in [1.29, 1.82) is 0 Å². The third-order valence-electron chi connectivity index (χ3n) is 6.06. The number of hydrogen-bond acceptors (Lipinski definition) is 5. The van der Waals surface area contributed by atoms with Crippen LogP contribution in [0.5, 0.6) is 0 Å². The highest BCUT2D eigenvalue weighted by atomic mass is 16.5. The average molecular weight is 446 g/mol. The number of fused-ring (bicyclic) bond motifs is 3. The topological polar surface area (TPSA) is 95.9 Å². The van der Waals surface area contributed by atoms with Crippen LogP contribution in [0.3, 0.4) is 0 Å². The lowest BCUT2D eigenvalue weighted by atomic mass is 9.98. The molecule has 0 fully saturated rings. The van der Waals surface area contributed by atoms with E-state index in [1.807, 2.05) is 36.4 Å². The van der Waals surface area contributed by atoms with Gasteiger partial charge in [0.15, 0.2) is 5.78 Å². The Balaban J connectivity index is 1.31. The second-order valence-corrected chi connectivity index (χ2v) is 8.12. The minimum absolute atomic E-state index is 0.00788. The standard InChI is InChI=1S/C27H27NO5/c1-2-24(29)17-11-13-18(14-12-17)26(31)25(30)15-28-27(32)33-16-23-21-9-5-3-7-19(21)20-8-4-6-10-22(20)23/h3-14,23,25-26,30-31H,2,15-16H2,1H3,(H,28,32). The molecule has 3 N–H and O–H groups in total. The van der Waals surface area contributed by atoms with Crippen molar-refractivity contribution >= 4 is 11.9 Å². The summed E-state index contributed by atoms with van der Waals surface area (Å²) in [4.78, 5) is 24.0. The molecule has 1 amide bonds. The summed E-state index contributed by atoms with van der Waals surface area (Å²) >= 11 is 0. The van der Waals surface area contributed by atoms with Gasteiger partial charge in [-0.2, -0.15) is 0 Å². The summed E-state index contributed by atoms with van der Waals surface area (Å²) in [5.74, 6) is -0.0449. The second-order valence-electron chi connectivity index (χ2n) is 8.12. The number of alkyl carbamates (subject to hydrolysis) is 1. The van der Waals surface area contributed by atoms with Gasteiger partial charge < -0.3 is 20.3 Å². The van der Waals surface area contributed by atoms with Gasteiger partial charge in [0.1, 0.15) is 18.8 Å². The van der Waals surface area contributed by atoms with E-state index in [2.05, 4.69) is 17.4 Å². The van der Waals surface area contributed by atoms with Crippen LogP contribution in [0.25, 0.3) is 11.1 Å². The highest BCUT2D eigenvalue weighted by Crippen LogP contribution is 2.44. The first-order valence-corrected chi connectivity index (χ1v) is 11.1. The number of Topliss-reactive ketones (excluding diaryl/α,β-unsaturated/α-hetero) is 1. The summed E-state index contributed by atoms with van der Waals surface area (Å²) in [6.45, 7) is 1.78. The maximum absolute atomic E-state index is 12.3. The van der Waals surface area contributed by atoms with Crippen molar-refractivity contribution < 1.29 is 24.5 Å². The molecular weight excluding hydrogens is 418 g/mol. The molecule has 4 rings (SSSR count). The van der Waals surface area contributed by atoms with E-state index in [1.165, 1.54) is 0 Å². The zero-order valence-electron chi connectivity index (χ0n) is 18.4. The predicted octanol–water partition coefficient (Wildman–Crippen LogP) is 4.21. The van der Waals surface area contributed by atoms with E-state index in [0.29, 0.717) is 17.5 Å². The quantitative estimate of drug-likeness (QED) is 0.452. The van der Waals surface area contributed by atoms with Crippen LogP contribution in [0.15, 0.2) is 72.8 Å². The van der Waals surface area contributed by atoms with Gasteiger partial charge in [-0.15, -0.1) is 0 Å². The zero-order chi connectivity index (χ0) is 23.4. The van der Waals surface area contributed by atoms with Crippen LogP contribution >= 0.6 is 0 Å². The van der Waals surface area contributed by atoms with Crippen LogP contribution in [0.1, 0.15) is 52.4 Å². The van der Waals surface area contributed by atoms with Gasteiger partial charge in [-0.25, -0.2) is 4.79 Å². The van der Waals surface area contributed by atoms with E-state index < -0.39 is 18.3 Å². The Kier molecular flexibility index (Phi) is 6.87.